The Labute approximate surface area is 96.1 Å². The summed E-state index contributed by atoms with van der Waals surface area (Å²) >= 11 is 6.13. The van der Waals surface area contributed by atoms with E-state index in [4.69, 9.17) is 11.6 Å². The minimum absolute atomic E-state index is 0.376. The van der Waals surface area contributed by atoms with Gasteiger partial charge in [0.2, 0.25) is 0 Å². The summed E-state index contributed by atoms with van der Waals surface area (Å²) < 4.78 is 0. The molecule has 0 saturated heterocycles. The summed E-state index contributed by atoms with van der Waals surface area (Å²) in [4.78, 5) is 4.01. The fraction of sp³-hybridized carbons (Fsp3) is 0.583. The molecule has 1 N–H and O–H groups in total. The predicted molar refractivity (Wildman–Crippen MR) is 63.0 cm³/mol. The number of nitrogens with zero attached hydrogens (tertiary/aromatic N) is 1. The third kappa shape index (κ3) is 2.93. The molecule has 1 atom stereocenters. The lowest BCUT2D eigenvalue weighted by atomic mass is 10.0. The van der Waals surface area contributed by atoms with Crippen LogP contribution in [-0.2, 0) is 0 Å². The zero-order chi connectivity index (χ0) is 10.7. The van der Waals surface area contributed by atoms with Gasteiger partial charge in [-0.15, -0.1) is 0 Å². The van der Waals surface area contributed by atoms with E-state index < -0.39 is 0 Å². The standard InChI is InChI=1S/C12H17ClN2/c1-14-12(5-4-9-2-3-9)10-6-7-15-8-11(10)13/h6-9,12,14H,2-5H2,1H3. The van der Waals surface area contributed by atoms with Gasteiger partial charge in [0.1, 0.15) is 0 Å². The largest absolute Gasteiger partial charge is 0.313 e. The van der Waals surface area contributed by atoms with Crippen molar-refractivity contribution >= 4 is 11.6 Å². The van der Waals surface area contributed by atoms with E-state index in [9.17, 15) is 0 Å². The first-order valence-corrected chi connectivity index (χ1v) is 5.95. The molecule has 0 spiro atoms. The number of aromatic nitrogens is 1. The van der Waals surface area contributed by atoms with Crippen LogP contribution in [0.1, 0.15) is 37.3 Å². The molecule has 0 radical (unpaired) electrons. The first-order valence-electron chi connectivity index (χ1n) is 5.58. The van der Waals surface area contributed by atoms with Crippen molar-refractivity contribution in [1.82, 2.24) is 10.3 Å². The van der Waals surface area contributed by atoms with Crippen molar-refractivity contribution in [2.24, 2.45) is 5.92 Å². The molecule has 0 aliphatic heterocycles. The second kappa shape index (κ2) is 4.95. The zero-order valence-electron chi connectivity index (χ0n) is 9.04. The third-order valence-corrected chi connectivity index (χ3v) is 3.40. The summed E-state index contributed by atoms with van der Waals surface area (Å²) in [7, 11) is 1.99. The van der Waals surface area contributed by atoms with Crippen LogP contribution < -0.4 is 5.32 Å². The van der Waals surface area contributed by atoms with Crippen LogP contribution in [0.25, 0.3) is 0 Å². The third-order valence-electron chi connectivity index (χ3n) is 3.09. The molecule has 1 aliphatic carbocycles. The molecule has 1 unspecified atom stereocenters. The summed E-state index contributed by atoms with van der Waals surface area (Å²) in [5.41, 5.74) is 1.18. The predicted octanol–water partition coefficient (Wildman–Crippen LogP) is 3.19. The fourth-order valence-electron chi connectivity index (χ4n) is 1.93. The maximum Gasteiger partial charge on any atom is 0.0637 e. The molecule has 1 aliphatic rings. The van der Waals surface area contributed by atoms with Crippen molar-refractivity contribution in [3.8, 4) is 0 Å². The average molecular weight is 225 g/mol. The normalized spacial score (nSPS) is 17.7. The summed E-state index contributed by atoms with van der Waals surface area (Å²) in [5.74, 6) is 0.974. The van der Waals surface area contributed by atoms with Crippen LogP contribution in [0.5, 0.6) is 0 Å². The SMILES string of the molecule is CNC(CCC1CC1)c1ccncc1Cl. The van der Waals surface area contributed by atoms with Crippen LogP contribution in [-0.4, -0.2) is 12.0 Å². The molecular formula is C12H17ClN2. The first kappa shape index (κ1) is 10.9. The highest BCUT2D eigenvalue weighted by Gasteiger charge is 2.23. The van der Waals surface area contributed by atoms with Gasteiger partial charge in [-0.25, -0.2) is 0 Å². The molecule has 2 rings (SSSR count). The van der Waals surface area contributed by atoms with Gasteiger partial charge in [-0.05, 0) is 37.4 Å². The van der Waals surface area contributed by atoms with Gasteiger partial charge in [0.15, 0.2) is 0 Å². The van der Waals surface area contributed by atoms with Crippen LogP contribution in [0.15, 0.2) is 18.5 Å². The topological polar surface area (TPSA) is 24.9 Å². The highest BCUT2D eigenvalue weighted by Crippen LogP contribution is 2.36. The number of pyridine rings is 1. The molecule has 1 fully saturated rings. The van der Waals surface area contributed by atoms with E-state index in [0.717, 1.165) is 10.9 Å². The monoisotopic (exact) mass is 224 g/mol. The Hall–Kier alpha value is -0.600. The molecule has 15 heavy (non-hydrogen) atoms. The Kier molecular flexibility index (Phi) is 3.60. The number of halogens is 1. The highest BCUT2D eigenvalue weighted by molar-refractivity contribution is 6.31. The minimum atomic E-state index is 0.376. The lowest BCUT2D eigenvalue weighted by Gasteiger charge is -2.17. The Morgan fingerprint density at radius 1 is 1.60 bits per heavy atom. The van der Waals surface area contributed by atoms with E-state index in [1.807, 2.05) is 19.3 Å². The van der Waals surface area contributed by atoms with Gasteiger partial charge >= 0.3 is 0 Å². The van der Waals surface area contributed by atoms with Crippen molar-refractivity contribution < 1.29 is 0 Å². The molecular weight excluding hydrogens is 208 g/mol. The van der Waals surface area contributed by atoms with E-state index >= 15 is 0 Å². The first-order chi connectivity index (χ1) is 7.31. The maximum absolute atomic E-state index is 6.13. The second-order valence-electron chi connectivity index (χ2n) is 4.26. The molecule has 1 aromatic heterocycles. The van der Waals surface area contributed by atoms with E-state index in [1.54, 1.807) is 6.20 Å². The lowest BCUT2D eigenvalue weighted by molar-refractivity contribution is 0.506. The molecule has 1 saturated carbocycles. The minimum Gasteiger partial charge on any atom is -0.313 e. The summed E-state index contributed by atoms with van der Waals surface area (Å²) in [6, 6.07) is 2.39. The van der Waals surface area contributed by atoms with Gasteiger partial charge in [-0.2, -0.15) is 0 Å². The highest BCUT2D eigenvalue weighted by atomic mass is 35.5. The Balaban J connectivity index is 2.00. The van der Waals surface area contributed by atoms with Crippen LogP contribution in [0.2, 0.25) is 5.02 Å². The van der Waals surface area contributed by atoms with Crippen LogP contribution in [0, 0.1) is 5.92 Å². The molecule has 1 heterocycles. The molecule has 0 aromatic carbocycles. The fourth-order valence-corrected chi connectivity index (χ4v) is 2.18. The lowest BCUT2D eigenvalue weighted by Crippen LogP contribution is -2.17. The van der Waals surface area contributed by atoms with Crippen LogP contribution in [0.3, 0.4) is 0 Å². The molecule has 0 amide bonds. The number of hydrogen-bond acceptors (Lipinski definition) is 2. The quantitative estimate of drug-likeness (QED) is 0.831. The molecule has 3 heteroatoms. The Bertz CT molecular complexity index is 323. The van der Waals surface area contributed by atoms with Crippen molar-refractivity contribution in [3.63, 3.8) is 0 Å². The van der Waals surface area contributed by atoms with E-state index in [1.165, 1.54) is 31.2 Å². The number of nitrogens with one attached hydrogen (secondary N) is 1. The van der Waals surface area contributed by atoms with E-state index in [2.05, 4.69) is 10.3 Å². The Morgan fingerprint density at radius 3 is 3.00 bits per heavy atom. The molecule has 82 valence electrons. The average Bonchev–Trinajstić information content (AvgIpc) is 3.05. The van der Waals surface area contributed by atoms with Gasteiger partial charge in [-0.1, -0.05) is 24.4 Å². The molecule has 1 aromatic rings. The number of hydrogen-bond donors (Lipinski definition) is 1. The summed E-state index contributed by atoms with van der Waals surface area (Å²) in [6.45, 7) is 0. The van der Waals surface area contributed by atoms with Gasteiger partial charge in [0, 0.05) is 18.4 Å². The summed E-state index contributed by atoms with van der Waals surface area (Å²) in [5, 5.41) is 4.10. The van der Waals surface area contributed by atoms with E-state index in [0.29, 0.717) is 6.04 Å². The van der Waals surface area contributed by atoms with Crippen molar-refractivity contribution in [1.29, 1.82) is 0 Å². The smallest absolute Gasteiger partial charge is 0.0637 e. The zero-order valence-corrected chi connectivity index (χ0v) is 9.80. The van der Waals surface area contributed by atoms with Crippen molar-refractivity contribution in [2.75, 3.05) is 7.05 Å². The second-order valence-corrected chi connectivity index (χ2v) is 4.67. The Morgan fingerprint density at radius 2 is 2.40 bits per heavy atom. The van der Waals surface area contributed by atoms with Crippen LogP contribution in [0.4, 0.5) is 0 Å². The van der Waals surface area contributed by atoms with E-state index in [-0.39, 0.29) is 0 Å². The van der Waals surface area contributed by atoms with Crippen LogP contribution >= 0.6 is 11.6 Å². The molecule has 0 bridgehead atoms. The van der Waals surface area contributed by atoms with Gasteiger partial charge in [-0.3, -0.25) is 4.98 Å². The van der Waals surface area contributed by atoms with Gasteiger partial charge < -0.3 is 5.32 Å². The number of rotatable bonds is 5. The van der Waals surface area contributed by atoms with Crippen molar-refractivity contribution in [2.45, 2.75) is 31.7 Å². The van der Waals surface area contributed by atoms with Gasteiger partial charge in [0.25, 0.3) is 0 Å². The van der Waals surface area contributed by atoms with Crippen molar-refractivity contribution in [3.05, 3.63) is 29.0 Å². The maximum atomic E-state index is 6.13. The summed E-state index contributed by atoms with van der Waals surface area (Å²) in [6.07, 6.45) is 8.84. The molecule has 2 nitrogen and oxygen atoms in total. The van der Waals surface area contributed by atoms with Gasteiger partial charge in [0.05, 0.1) is 5.02 Å².